The highest BCUT2D eigenvalue weighted by Crippen LogP contribution is 2.34. The summed E-state index contributed by atoms with van der Waals surface area (Å²) < 4.78 is 45.1. The summed E-state index contributed by atoms with van der Waals surface area (Å²) in [5.74, 6) is -2.32. The van der Waals surface area contributed by atoms with Gasteiger partial charge in [-0.1, -0.05) is 54.6 Å². The molecule has 6 atom stereocenters. The Hall–Kier alpha value is -3.99. The number of hydrogen-bond donors (Lipinski definition) is 1. The van der Waals surface area contributed by atoms with Crippen LogP contribution in [0.15, 0.2) is 91.0 Å². The summed E-state index contributed by atoms with van der Waals surface area (Å²) in [5.41, 5.74) is 0.611. The molecular formula is C28H26O11P+. The molecule has 12 heteroatoms. The second-order valence-electron chi connectivity index (χ2n) is 8.52. The van der Waals surface area contributed by atoms with E-state index in [4.69, 9.17) is 28.2 Å². The summed E-state index contributed by atoms with van der Waals surface area (Å²) in [4.78, 5) is 48.3. The fourth-order valence-electron chi connectivity index (χ4n) is 4.04. The lowest BCUT2D eigenvalue weighted by Crippen LogP contribution is -2.62. The van der Waals surface area contributed by atoms with Gasteiger partial charge in [-0.25, -0.2) is 14.4 Å². The summed E-state index contributed by atoms with van der Waals surface area (Å²) in [5, 5.41) is 0. The minimum absolute atomic E-state index is 0.162. The summed E-state index contributed by atoms with van der Waals surface area (Å²) in [6.07, 6.45) is -7.05. The normalized spacial score (nSPS) is 22.6. The molecule has 3 aromatic carbocycles. The maximum Gasteiger partial charge on any atom is 0.695 e. The Morgan fingerprint density at radius 1 is 0.725 bits per heavy atom. The van der Waals surface area contributed by atoms with Crippen molar-refractivity contribution in [3.05, 3.63) is 108 Å². The molecule has 1 heterocycles. The largest absolute Gasteiger partial charge is 0.695 e. The van der Waals surface area contributed by atoms with E-state index in [2.05, 4.69) is 0 Å². The maximum absolute atomic E-state index is 13.1. The van der Waals surface area contributed by atoms with Crippen molar-refractivity contribution in [2.75, 3.05) is 13.7 Å². The van der Waals surface area contributed by atoms with Crippen LogP contribution in [0.25, 0.3) is 0 Å². The van der Waals surface area contributed by atoms with E-state index in [0.717, 1.165) is 0 Å². The zero-order valence-electron chi connectivity index (χ0n) is 21.2. The fourth-order valence-corrected chi connectivity index (χ4v) is 4.50. The molecule has 40 heavy (non-hydrogen) atoms. The van der Waals surface area contributed by atoms with Gasteiger partial charge >= 0.3 is 26.2 Å². The number of ether oxygens (including phenoxy) is 5. The molecule has 4 rings (SSSR count). The van der Waals surface area contributed by atoms with Gasteiger partial charge in [0.2, 0.25) is 0 Å². The first-order chi connectivity index (χ1) is 19.4. The summed E-state index contributed by atoms with van der Waals surface area (Å²) >= 11 is 0. The smallest absolute Gasteiger partial charge is 0.459 e. The van der Waals surface area contributed by atoms with E-state index in [9.17, 15) is 23.8 Å². The second-order valence-corrected chi connectivity index (χ2v) is 9.21. The van der Waals surface area contributed by atoms with Gasteiger partial charge in [-0.05, 0) is 36.4 Å². The van der Waals surface area contributed by atoms with Crippen LogP contribution in [0.1, 0.15) is 31.1 Å². The summed E-state index contributed by atoms with van der Waals surface area (Å²) in [6, 6.07) is 24.1. The third-order valence-corrected chi connectivity index (χ3v) is 6.35. The van der Waals surface area contributed by atoms with Crippen LogP contribution >= 0.6 is 8.25 Å². The number of rotatable bonds is 10. The SMILES string of the molecule is CO[C@@H]1O[C@H](COC(=O)c2ccccc2)[C@H](O[P+](=O)O)[C@H](OC(=O)c2ccccc2)[C@H]1OC(=O)c1ccccc1. The fraction of sp³-hybridized carbons (Fsp3) is 0.250. The van der Waals surface area contributed by atoms with Gasteiger partial charge in [0.1, 0.15) is 12.7 Å². The molecule has 0 aliphatic carbocycles. The molecule has 1 unspecified atom stereocenters. The number of benzene rings is 3. The lowest BCUT2D eigenvalue weighted by Gasteiger charge is -2.42. The van der Waals surface area contributed by atoms with Gasteiger partial charge < -0.3 is 23.7 Å². The highest BCUT2D eigenvalue weighted by molar-refractivity contribution is 7.32. The quantitative estimate of drug-likeness (QED) is 0.217. The van der Waals surface area contributed by atoms with Crippen LogP contribution in [0, 0.1) is 0 Å². The molecule has 1 aliphatic heterocycles. The molecule has 1 N–H and O–H groups in total. The van der Waals surface area contributed by atoms with Crippen LogP contribution in [0.3, 0.4) is 0 Å². The molecule has 1 saturated heterocycles. The minimum Gasteiger partial charge on any atom is -0.459 e. The Bertz CT molecular complexity index is 1300. The van der Waals surface area contributed by atoms with Crippen molar-refractivity contribution in [3.8, 4) is 0 Å². The molecule has 0 saturated carbocycles. The molecule has 0 bridgehead atoms. The van der Waals surface area contributed by atoms with Gasteiger partial charge in [-0.2, -0.15) is 0 Å². The van der Waals surface area contributed by atoms with Crippen molar-refractivity contribution in [3.63, 3.8) is 0 Å². The molecule has 0 spiro atoms. The number of hydrogen-bond acceptors (Lipinski definition) is 10. The van der Waals surface area contributed by atoms with Crippen molar-refractivity contribution in [1.82, 2.24) is 0 Å². The van der Waals surface area contributed by atoms with Crippen LogP contribution in [0.4, 0.5) is 0 Å². The zero-order chi connectivity index (χ0) is 28.5. The topological polar surface area (TPSA) is 144 Å². The van der Waals surface area contributed by atoms with Crippen LogP contribution < -0.4 is 0 Å². The Morgan fingerprint density at radius 3 is 1.62 bits per heavy atom. The first kappa shape index (κ1) is 29.0. The van der Waals surface area contributed by atoms with Crippen LogP contribution in [-0.2, 0) is 32.8 Å². The van der Waals surface area contributed by atoms with E-state index in [1.165, 1.54) is 31.4 Å². The zero-order valence-corrected chi connectivity index (χ0v) is 22.1. The first-order valence-electron chi connectivity index (χ1n) is 12.1. The highest BCUT2D eigenvalue weighted by Gasteiger charge is 2.55. The van der Waals surface area contributed by atoms with Crippen molar-refractivity contribution >= 4 is 26.2 Å². The van der Waals surface area contributed by atoms with Crippen LogP contribution in [0.5, 0.6) is 0 Å². The van der Waals surface area contributed by atoms with E-state index in [0.29, 0.717) is 0 Å². The Labute approximate surface area is 230 Å². The van der Waals surface area contributed by atoms with Gasteiger partial charge in [-0.3, -0.25) is 0 Å². The Balaban J connectivity index is 1.64. The lowest BCUT2D eigenvalue weighted by atomic mass is 9.98. The predicted octanol–water partition coefficient (Wildman–Crippen LogP) is 3.70. The van der Waals surface area contributed by atoms with E-state index in [1.54, 1.807) is 66.7 Å². The van der Waals surface area contributed by atoms with Gasteiger partial charge in [0.05, 0.1) is 16.7 Å². The van der Waals surface area contributed by atoms with Crippen molar-refractivity contribution in [2.45, 2.75) is 30.7 Å². The second kappa shape index (κ2) is 13.9. The summed E-state index contributed by atoms with van der Waals surface area (Å²) in [6.45, 7) is -0.472. The molecule has 3 aromatic rings. The van der Waals surface area contributed by atoms with E-state index < -0.39 is 63.5 Å². The average Bonchev–Trinajstić information content (AvgIpc) is 2.99. The van der Waals surface area contributed by atoms with Gasteiger partial charge in [-0.15, -0.1) is 9.42 Å². The molecule has 11 nitrogen and oxygen atoms in total. The van der Waals surface area contributed by atoms with Crippen molar-refractivity contribution in [1.29, 1.82) is 0 Å². The maximum atomic E-state index is 13.1. The highest BCUT2D eigenvalue weighted by atomic mass is 31.1. The number of carbonyl (C=O) groups is 3. The van der Waals surface area contributed by atoms with E-state index in [-0.39, 0.29) is 16.7 Å². The number of carbonyl (C=O) groups excluding carboxylic acids is 3. The van der Waals surface area contributed by atoms with Gasteiger partial charge in [0.25, 0.3) is 0 Å². The van der Waals surface area contributed by atoms with Crippen molar-refractivity contribution in [2.24, 2.45) is 0 Å². The van der Waals surface area contributed by atoms with Crippen LogP contribution in [-0.4, -0.2) is 67.2 Å². The molecule has 0 aromatic heterocycles. The monoisotopic (exact) mass is 569 g/mol. The molecule has 0 radical (unpaired) electrons. The molecular weight excluding hydrogens is 543 g/mol. The van der Waals surface area contributed by atoms with Gasteiger partial charge in [0, 0.05) is 11.7 Å². The minimum atomic E-state index is -3.27. The summed E-state index contributed by atoms with van der Waals surface area (Å²) in [7, 11) is -2.00. The lowest BCUT2D eigenvalue weighted by molar-refractivity contribution is -0.288. The third-order valence-electron chi connectivity index (χ3n) is 5.93. The Kier molecular flexibility index (Phi) is 10.1. The average molecular weight is 569 g/mol. The number of methoxy groups -OCH3 is 1. The Morgan fingerprint density at radius 2 is 1.18 bits per heavy atom. The van der Waals surface area contributed by atoms with E-state index >= 15 is 0 Å². The van der Waals surface area contributed by atoms with Gasteiger partial charge in [0.15, 0.2) is 24.6 Å². The predicted molar refractivity (Wildman–Crippen MR) is 138 cm³/mol. The van der Waals surface area contributed by atoms with Crippen LogP contribution in [0.2, 0.25) is 0 Å². The standard InChI is InChI=1S/C28H25O11P/c1-34-28-24(38-27(31)20-15-9-4-10-16-20)23(37-26(30)19-13-7-3-8-14-19)22(39-40(32)33)21(36-28)17-35-25(29)18-11-5-2-6-12-18/h2-16,21-24,28H,17H2,1H3/p+1/t21-,22+,23+,24-,28-/m1/s1. The van der Waals surface area contributed by atoms with E-state index in [1.807, 2.05) is 0 Å². The first-order valence-corrected chi connectivity index (χ1v) is 13.3. The van der Waals surface area contributed by atoms with Crippen molar-refractivity contribution < 1.29 is 52.1 Å². The molecule has 1 fully saturated rings. The molecule has 0 amide bonds. The number of esters is 3. The molecule has 1 aliphatic rings. The third kappa shape index (κ3) is 7.35. The molecule has 208 valence electrons.